The lowest BCUT2D eigenvalue weighted by atomic mass is 10.1. The molecule has 1 amide bonds. The first-order chi connectivity index (χ1) is 16.8. The fraction of sp³-hybridized carbons (Fsp3) is 0.417. The summed E-state index contributed by atoms with van der Waals surface area (Å²) in [6.07, 6.45) is 0. The van der Waals surface area contributed by atoms with E-state index in [1.54, 1.807) is 7.11 Å². The molecule has 1 heterocycles. The van der Waals surface area contributed by atoms with Crippen molar-refractivity contribution < 1.29 is 23.9 Å². The van der Waals surface area contributed by atoms with E-state index < -0.39 is 10.8 Å². The zero-order valence-electron chi connectivity index (χ0n) is 20.8. The third-order valence-electron chi connectivity index (χ3n) is 5.85. The first-order valence-corrected chi connectivity index (χ1v) is 12.0. The maximum atomic E-state index is 13.9. The highest BCUT2D eigenvalue weighted by Gasteiger charge is 2.31. The normalized spacial score (nSPS) is 11.1. The summed E-state index contributed by atoms with van der Waals surface area (Å²) >= 11 is 1.35. The highest BCUT2D eigenvalue weighted by atomic mass is 32.1. The molecule has 3 rings (SSSR count). The van der Waals surface area contributed by atoms with Crippen LogP contribution in [0.5, 0.6) is 17.2 Å². The number of nitro groups is 1. The van der Waals surface area contributed by atoms with Gasteiger partial charge in [-0.15, -0.1) is 0 Å². The molecule has 3 aromatic rings. The number of nitrogens with zero attached hydrogens (tertiary/aromatic N) is 4. The molecule has 10 nitrogen and oxygen atoms in total. The number of hydrogen-bond donors (Lipinski definition) is 0. The summed E-state index contributed by atoms with van der Waals surface area (Å²) in [5.41, 5.74) is 1.18. The molecule has 1 aromatic heterocycles. The van der Waals surface area contributed by atoms with Crippen molar-refractivity contribution in [3.05, 3.63) is 45.5 Å². The Morgan fingerprint density at radius 1 is 1.03 bits per heavy atom. The van der Waals surface area contributed by atoms with Crippen molar-refractivity contribution in [2.45, 2.75) is 20.8 Å². The van der Waals surface area contributed by atoms with Gasteiger partial charge in [-0.25, -0.2) is 4.98 Å². The van der Waals surface area contributed by atoms with Crippen molar-refractivity contribution in [2.24, 2.45) is 0 Å². The lowest BCUT2D eigenvalue weighted by Gasteiger charge is -2.25. The minimum absolute atomic E-state index is 0.102. The summed E-state index contributed by atoms with van der Waals surface area (Å²) in [4.78, 5) is 33.6. The second kappa shape index (κ2) is 11.3. The number of thiazole rings is 1. The molecule has 0 aliphatic carbocycles. The summed E-state index contributed by atoms with van der Waals surface area (Å²) in [5.74, 6) is 0.458. The Morgan fingerprint density at radius 3 is 2.23 bits per heavy atom. The van der Waals surface area contributed by atoms with Crippen molar-refractivity contribution >= 4 is 38.3 Å². The van der Waals surface area contributed by atoms with Gasteiger partial charge in [0.15, 0.2) is 16.6 Å². The summed E-state index contributed by atoms with van der Waals surface area (Å²) in [6, 6.07) is 6.33. The van der Waals surface area contributed by atoms with Gasteiger partial charge < -0.3 is 19.1 Å². The number of fused-ring (bicyclic) bond motifs is 1. The van der Waals surface area contributed by atoms with Gasteiger partial charge in [-0.05, 0) is 31.6 Å². The summed E-state index contributed by atoms with van der Waals surface area (Å²) in [6.45, 7) is 8.54. The monoisotopic (exact) mass is 502 g/mol. The van der Waals surface area contributed by atoms with Crippen LogP contribution in [-0.2, 0) is 0 Å². The number of nitro benzene ring substituents is 1. The molecule has 0 aliphatic heterocycles. The third kappa shape index (κ3) is 5.30. The number of aryl methyl sites for hydroxylation is 1. The van der Waals surface area contributed by atoms with Crippen molar-refractivity contribution in [1.82, 2.24) is 9.88 Å². The Labute approximate surface area is 208 Å². The molecule has 0 fully saturated rings. The summed E-state index contributed by atoms with van der Waals surface area (Å²) in [7, 11) is 4.37. The SMILES string of the molecule is CCN(CC)CCN(C(=O)c1cc(OC)c(OC)cc1[N+](=O)[O-])c1nc2c(OC)ccc(C)c2s1. The molecule has 0 bridgehead atoms. The molecular formula is C24H30N4O6S. The molecule has 0 spiro atoms. The third-order valence-corrected chi connectivity index (χ3v) is 7.07. The Bertz CT molecular complexity index is 1220. The molecule has 0 radical (unpaired) electrons. The van der Waals surface area contributed by atoms with Gasteiger partial charge >= 0.3 is 0 Å². The first kappa shape index (κ1) is 26.2. The minimum Gasteiger partial charge on any atom is -0.494 e. The zero-order chi connectivity index (χ0) is 25.7. The fourth-order valence-corrected chi connectivity index (χ4v) is 4.86. The van der Waals surface area contributed by atoms with E-state index in [9.17, 15) is 14.9 Å². The van der Waals surface area contributed by atoms with Crippen LogP contribution in [0.1, 0.15) is 29.8 Å². The lowest BCUT2D eigenvalue weighted by molar-refractivity contribution is -0.385. The Balaban J connectivity index is 2.17. The number of ether oxygens (including phenoxy) is 3. The quantitative estimate of drug-likeness (QED) is 0.278. The van der Waals surface area contributed by atoms with E-state index in [0.29, 0.717) is 29.5 Å². The molecule has 0 atom stereocenters. The van der Waals surface area contributed by atoms with Crippen molar-refractivity contribution in [3.8, 4) is 17.2 Å². The van der Waals surface area contributed by atoms with Gasteiger partial charge in [-0.3, -0.25) is 19.8 Å². The van der Waals surface area contributed by atoms with Crippen LogP contribution in [-0.4, -0.2) is 68.2 Å². The number of rotatable bonds is 11. The smallest absolute Gasteiger partial charge is 0.286 e. The molecule has 35 heavy (non-hydrogen) atoms. The number of hydrogen-bond acceptors (Lipinski definition) is 9. The lowest BCUT2D eigenvalue weighted by Crippen LogP contribution is -2.39. The molecule has 0 saturated carbocycles. The molecule has 0 aliphatic rings. The number of anilines is 1. The average molecular weight is 503 g/mol. The maximum Gasteiger partial charge on any atom is 0.286 e. The van der Waals surface area contributed by atoms with Crippen LogP contribution < -0.4 is 19.1 Å². The summed E-state index contributed by atoms with van der Waals surface area (Å²) in [5, 5.41) is 12.3. The number of aromatic nitrogens is 1. The predicted octanol–water partition coefficient (Wildman–Crippen LogP) is 4.53. The highest BCUT2D eigenvalue weighted by molar-refractivity contribution is 7.22. The van der Waals surface area contributed by atoms with Gasteiger partial charge in [0.25, 0.3) is 11.6 Å². The molecule has 11 heteroatoms. The Hall–Kier alpha value is -3.44. The molecule has 2 aromatic carbocycles. The van der Waals surface area contributed by atoms with Gasteiger partial charge in [-0.1, -0.05) is 31.3 Å². The van der Waals surface area contributed by atoms with Crippen LogP contribution in [0.15, 0.2) is 24.3 Å². The van der Waals surface area contributed by atoms with Crippen LogP contribution in [0, 0.1) is 17.0 Å². The van der Waals surface area contributed by atoms with Gasteiger partial charge in [0, 0.05) is 19.2 Å². The largest absolute Gasteiger partial charge is 0.494 e. The van der Waals surface area contributed by atoms with E-state index in [-0.39, 0.29) is 22.7 Å². The fourth-order valence-electron chi connectivity index (χ4n) is 3.78. The van der Waals surface area contributed by atoms with Crippen LogP contribution in [0.25, 0.3) is 10.2 Å². The highest BCUT2D eigenvalue weighted by Crippen LogP contribution is 2.39. The number of likely N-dealkylation sites (N-methyl/N-ethyl adjacent to an activating group) is 1. The number of carbonyl (C=O) groups is 1. The topological polar surface area (TPSA) is 107 Å². The van der Waals surface area contributed by atoms with Crippen LogP contribution in [0.3, 0.4) is 0 Å². The van der Waals surface area contributed by atoms with E-state index in [2.05, 4.69) is 4.90 Å². The van der Waals surface area contributed by atoms with E-state index in [1.165, 1.54) is 42.6 Å². The first-order valence-electron chi connectivity index (χ1n) is 11.2. The van der Waals surface area contributed by atoms with Gasteiger partial charge in [0.2, 0.25) is 0 Å². The van der Waals surface area contributed by atoms with Crippen molar-refractivity contribution in [1.29, 1.82) is 0 Å². The maximum absolute atomic E-state index is 13.9. The number of carbonyl (C=O) groups excluding carboxylic acids is 1. The van der Waals surface area contributed by atoms with Crippen LogP contribution in [0.2, 0.25) is 0 Å². The number of methoxy groups -OCH3 is 3. The van der Waals surface area contributed by atoms with Gasteiger partial charge in [-0.2, -0.15) is 0 Å². The zero-order valence-corrected chi connectivity index (χ0v) is 21.6. The van der Waals surface area contributed by atoms with Crippen molar-refractivity contribution in [3.63, 3.8) is 0 Å². The van der Waals surface area contributed by atoms with E-state index in [4.69, 9.17) is 19.2 Å². The predicted molar refractivity (Wildman–Crippen MR) is 137 cm³/mol. The molecular weight excluding hydrogens is 472 g/mol. The number of amides is 1. The summed E-state index contributed by atoms with van der Waals surface area (Å²) < 4.78 is 16.9. The molecule has 188 valence electrons. The number of benzene rings is 2. The van der Waals surface area contributed by atoms with E-state index in [0.717, 1.165) is 23.4 Å². The molecule has 0 saturated heterocycles. The average Bonchev–Trinajstić information content (AvgIpc) is 3.31. The molecule has 0 N–H and O–H groups in total. The Morgan fingerprint density at radius 2 is 1.66 bits per heavy atom. The standard InChI is InChI=1S/C24H30N4O6S/c1-7-26(8-2)11-12-27(24-25-21-18(32-4)10-9-15(3)22(21)35-24)23(29)16-13-19(33-5)20(34-6)14-17(16)28(30)31/h9-10,13-14H,7-8,11-12H2,1-6H3. The Kier molecular flexibility index (Phi) is 8.47. The van der Waals surface area contributed by atoms with Gasteiger partial charge in [0.1, 0.15) is 16.8 Å². The van der Waals surface area contributed by atoms with Crippen LogP contribution in [0.4, 0.5) is 10.8 Å². The molecule has 0 unspecified atom stereocenters. The van der Waals surface area contributed by atoms with E-state index >= 15 is 0 Å². The second-order valence-electron chi connectivity index (χ2n) is 7.72. The second-order valence-corrected chi connectivity index (χ2v) is 8.70. The minimum atomic E-state index is -0.594. The van der Waals surface area contributed by atoms with Crippen LogP contribution >= 0.6 is 11.3 Å². The van der Waals surface area contributed by atoms with Crippen molar-refractivity contribution in [2.75, 3.05) is 52.4 Å². The van der Waals surface area contributed by atoms with Gasteiger partial charge in [0.05, 0.1) is 37.0 Å². The van der Waals surface area contributed by atoms with E-state index in [1.807, 2.05) is 32.9 Å².